The van der Waals surface area contributed by atoms with Gasteiger partial charge in [0.15, 0.2) is 0 Å². The fourth-order valence-corrected chi connectivity index (χ4v) is 5.34. The molecule has 0 aliphatic rings. The molecule has 1 rings (SSSR count). The number of carbonyl (C=O) groups excluding carboxylic acids is 1. The van der Waals surface area contributed by atoms with Gasteiger partial charge in [-0.2, -0.15) is 0 Å². The highest BCUT2D eigenvalue weighted by atomic mass is 32.2. The third kappa shape index (κ3) is 16.9. The van der Waals surface area contributed by atoms with Crippen LogP contribution < -0.4 is 5.32 Å². The zero-order chi connectivity index (χ0) is 27.3. The van der Waals surface area contributed by atoms with Crippen molar-refractivity contribution in [2.75, 3.05) is 32.1 Å². The summed E-state index contributed by atoms with van der Waals surface area (Å²) in [5, 5.41) is 3.05. The lowest BCUT2D eigenvalue weighted by molar-refractivity contribution is 0.0948. The number of rotatable bonds is 20. The van der Waals surface area contributed by atoms with E-state index in [9.17, 15) is 4.79 Å². The monoisotopic (exact) mass is 549 g/mol. The van der Waals surface area contributed by atoms with E-state index in [4.69, 9.17) is 13.6 Å². The number of allylic oxidation sites excluding steroid dienone is 5. The van der Waals surface area contributed by atoms with Crippen LogP contribution in [0.2, 0.25) is 0 Å². The topological polar surface area (TPSA) is 56.8 Å². The highest BCUT2D eigenvalue weighted by Crippen LogP contribution is 2.39. The van der Waals surface area contributed by atoms with E-state index in [0.29, 0.717) is 26.4 Å². The summed E-state index contributed by atoms with van der Waals surface area (Å²) in [4.78, 5) is 13.8. The molecule has 0 fully saturated rings. The standard InChI is InChI=1S/C30H48NO4PS/c1-7-33-36(34-8-2)35-23-12-11-22-31-30(32)28-19-9-10-20-29(28)37-24-21-27(6)18-14-17-26(5)16-13-15-25(3)4/h9-10,15,17,19-21H,7-8,11-14,16,18,22-24H2,1-6H3,(H,31,32)/b26-17+,27-21+. The lowest BCUT2D eigenvalue weighted by atomic mass is 10.1. The molecule has 0 saturated heterocycles. The molecule has 0 radical (unpaired) electrons. The molecule has 0 unspecified atom stereocenters. The van der Waals surface area contributed by atoms with Crippen molar-refractivity contribution in [2.45, 2.75) is 85.0 Å². The van der Waals surface area contributed by atoms with Gasteiger partial charge in [-0.1, -0.05) is 47.1 Å². The van der Waals surface area contributed by atoms with E-state index in [1.54, 1.807) is 11.8 Å². The maximum atomic E-state index is 12.8. The minimum Gasteiger partial charge on any atom is -0.352 e. The quantitative estimate of drug-likeness (QED) is 0.0761. The third-order valence-corrected chi connectivity index (χ3v) is 7.78. The Morgan fingerprint density at radius 3 is 2.22 bits per heavy atom. The fraction of sp³-hybridized carbons (Fsp3) is 0.567. The number of nitrogens with one attached hydrogen (secondary N) is 1. The lowest BCUT2D eigenvalue weighted by Gasteiger charge is -2.14. The summed E-state index contributed by atoms with van der Waals surface area (Å²) in [6.07, 6.45) is 13.0. The van der Waals surface area contributed by atoms with Gasteiger partial charge in [-0.3, -0.25) is 4.79 Å². The van der Waals surface area contributed by atoms with E-state index in [1.165, 1.54) is 16.7 Å². The van der Waals surface area contributed by atoms with Crippen LogP contribution in [0.25, 0.3) is 0 Å². The predicted octanol–water partition coefficient (Wildman–Crippen LogP) is 9.02. The molecule has 0 aliphatic heterocycles. The van der Waals surface area contributed by atoms with E-state index in [2.05, 4.69) is 51.2 Å². The summed E-state index contributed by atoms with van der Waals surface area (Å²) in [6, 6.07) is 7.84. The second kappa shape index (κ2) is 21.5. The first kappa shape index (κ1) is 33.6. The molecular weight excluding hydrogens is 501 g/mol. The highest BCUT2D eigenvalue weighted by molar-refractivity contribution is 7.99. The largest absolute Gasteiger partial charge is 0.352 e. The van der Waals surface area contributed by atoms with Crippen LogP contribution in [0, 0.1) is 0 Å². The van der Waals surface area contributed by atoms with E-state index < -0.39 is 8.60 Å². The molecule has 0 atom stereocenters. The van der Waals surface area contributed by atoms with Crippen LogP contribution >= 0.6 is 20.4 Å². The molecule has 0 spiro atoms. The van der Waals surface area contributed by atoms with Crippen molar-refractivity contribution in [3.63, 3.8) is 0 Å². The van der Waals surface area contributed by atoms with Crippen molar-refractivity contribution in [3.8, 4) is 0 Å². The zero-order valence-corrected chi connectivity index (χ0v) is 25.5. The van der Waals surface area contributed by atoms with Crippen LogP contribution in [0.3, 0.4) is 0 Å². The Balaban J connectivity index is 2.39. The van der Waals surface area contributed by atoms with Gasteiger partial charge in [-0.05, 0) is 92.2 Å². The summed E-state index contributed by atoms with van der Waals surface area (Å²) in [5.74, 6) is 0.837. The van der Waals surface area contributed by atoms with Crippen LogP contribution in [0.5, 0.6) is 0 Å². The van der Waals surface area contributed by atoms with Gasteiger partial charge in [0.2, 0.25) is 0 Å². The molecule has 1 amide bonds. The number of hydrogen-bond acceptors (Lipinski definition) is 5. The van der Waals surface area contributed by atoms with E-state index in [-0.39, 0.29) is 5.91 Å². The van der Waals surface area contributed by atoms with E-state index in [0.717, 1.165) is 54.7 Å². The molecule has 37 heavy (non-hydrogen) atoms. The van der Waals surface area contributed by atoms with Crippen LogP contribution in [0.4, 0.5) is 0 Å². The van der Waals surface area contributed by atoms with E-state index >= 15 is 0 Å². The van der Waals surface area contributed by atoms with Gasteiger partial charge in [-0.15, -0.1) is 11.8 Å². The highest BCUT2D eigenvalue weighted by Gasteiger charge is 2.12. The number of amides is 1. The maximum Gasteiger partial charge on any atom is 0.332 e. The molecule has 7 heteroatoms. The molecule has 5 nitrogen and oxygen atoms in total. The minimum atomic E-state index is -1.26. The molecule has 0 aromatic heterocycles. The number of hydrogen-bond donors (Lipinski definition) is 1. The minimum absolute atomic E-state index is 0.0238. The Kier molecular flexibility index (Phi) is 19.5. The molecule has 1 aromatic carbocycles. The van der Waals surface area contributed by atoms with Crippen LogP contribution in [0.15, 0.2) is 64.1 Å². The molecule has 0 bridgehead atoms. The first-order chi connectivity index (χ1) is 17.9. The third-order valence-electron chi connectivity index (χ3n) is 5.45. The summed E-state index contributed by atoms with van der Waals surface area (Å²) < 4.78 is 16.5. The average Bonchev–Trinajstić information content (AvgIpc) is 2.86. The van der Waals surface area contributed by atoms with Gasteiger partial charge in [0.05, 0.1) is 25.4 Å². The molecule has 0 aliphatic carbocycles. The second-order valence-corrected chi connectivity index (χ2v) is 11.4. The van der Waals surface area contributed by atoms with Gasteiger partial charge in [0.25, 0.3) is 5.91 Å². The molecule has 0 heterocycles. The number of unbranched alkanes of at least 4 members (excludes halogenated alkanes) is 1. The Morgan fingerprint density at radius 1 is 0.892 bits per heavy atom. The van der Waals surface area contributed by atoms with E-state index in [1.807, 2.05) is 38.1 Å². The summed E-state index contributed by atoms with van der Waals surface area (Å²) in [6.45, 7) is 14.9. The SMILES string of the molecule is CCOP(OCC)OCCCCNC(=O)c1ccccc1SC/C=C(\C)CC/C=C(\C)CCC=C(C)C. The Morgan fingerprint density at radius 2 is 1.54 bits per heavy atom. The number of carbonyl (C=O) groups is 1. The Bertz CT molecular complexity index is 859. The lowest BCUT2D eigenvalue weighted by Crippen LogP contribution is -2.25. The van der Waals surface area contributed by atoms with Crippen molar-refractivity contribution in [3.05, 3.63) is 64.8 Å². The second-order valence-electron chi connectivity index (χ2n) is 9.12. The average molecular weight is 550 g/mol. The first-order valence-corrected chi connectivity index (χ1v) is 15.6. The molecule has 1 aromatic rings. The van der Waals surface area contributed by atoms with Crippen LogP contribution in [0.1, 0.15) is 90.4 Å². The maximum absolute atomic E-state index is 12.8. The van der Waals surface area contributed by atoms with Gasteiger partial charge in [-0.25, -0.2) is 0 Å². The van der Waals surface area contributed by atoms with Gasteiger partial charge < -0.3 is 18.9 Å². The predicted molar refractivity (Wildman–Crippen MR) is 160 cm³/mol. The summed E-state index contributed by atoms with van der Waals surface area (Å²) in [5.41, 5.74) is 4.98. The van der Waals surface area contributed by atoms with Crippen molar-refractivity contribution in [2.24, 2.45) is 0 Å². The fourth-order valence-electron chi connectivity index (χ4n) is 3.38. The Labute approximate surface area is 231 Å². The summed E-state index contributed by atoms with van der Waals surface area (Å²) >= 11 is 1.71. The van der Waals surface area contributed by atoms with Crippen LogP contribution in [-0.2, 0) is 13.6 Å². The molecule has 208 valence electrons. The van der Waals surface area contributed by atoms with Crippen molar-refractivity contribution in [1.82, 2.24) is 5.32 Å². The molecule has 1 N–H and O–H groups in total. The Hall–Kier alpha value is -1.43. The zero-order valence-electron chi connectivity index (χ0n) is 23.8. The molecule has 0 saturated carbocycles. The van der Waals surface area contributed by atoms with Gasteiger partial charge in [0, 0.05) is 17.2 Å². The van der Waals surface area contributed by atoms with Crippen molar-refractivity contribution >= 4 is 26.3 Å². The number of thioether (sulfide) groups is 1. The van der Waals surface area contributed by atoms with Gasteiger partial charge >= 0.3 is 8.60 Å². The van der Waals surface area contributed by atoms with Crippen LogP contribution in [-0.4, -0.2) is 38.0 Å². The van der Waals surface area contributed by atoms with Crippen molar-refractivity contribution in [1.29, 1.82) is 0 Å². The summed E-state index contributed by atoms with van der Waals surface area (Å²) in [7, 11) is -1.26. The smallest absolute Gasteiger partial charge is 0.332 e. The normalized spacial score (nSPS) is 12.2. The van der Waals surface area contributed by atoms with Crippen molar-refractivity contribution < 1.29 is 18.4 Å². The molecular formula is C30H48NO4PS. The number of benzene rings is 1. The van der Waals surface area contributed by atoms with Gasteiger partial charge in [0.1, 0.15) is 0 Å². The first-order valence-electron chi connectivity index (χ1n) is 13.5.